The van der Waals surface area contributed by atoms with Gasteiger partial charge < -0.3 is 30.8 Å². The molecule has 8 heteroatoms. The van der Waals surface area contributed by atoms with Crippen molar-refractivity contribution >= 4 is 19.5 Å². The molecule has 0 aliphatic heterocycles. The fourth-order valence-electron chi connectivity index (χ4n) is 1.60. The predicted octanol–water partition coefficient (Wildman–Crippen LogP) is -2.01. The van der Waals surface area contributed by atoms with Gasteiger partial charge in [-0.05, 0) is 19.9 Å². The Morgan fingerprint density at radius 2 is 1.47 bits per heavy atom. The quantitative estimate of drug-likeness (QED) is 0.268. The Bertz CT molecular complexity index is 204. The second-order valence-corrected chi connectivity index (χ2v) is 10.6. The van der Waals surface area contributed by atoms with E-state index >= 15 is 0 Å². The minimum Gasteiger partial charge on any atom is -0.422 e. The lowest BCUT2D eigenvalue weighted by molar-refractivity contribution is 0.0469. The van der Waals surface area contributed by atoms with Crippen molar-refractivity contribution in [3.8, 4) is 0 Å². The van der Waals surface area contributed by atoms with E-state index in [0.29, 0.717) is 39.5 Å². The fraction of sp³-hybridized carbons (Fsp3) is 1.00. The van der Waals surface area contributed by atoms with Gasteiger partial charge in [-0.2, -0.15) is 0 Å². The van der Waals surface area contributed by atoms with Crippen LogP contribution in [0, 0.1) is 0 Å². The zero-order valence-electron chi connectivity index (χ0n) is 12.4. The zero-order chi connectivity index (χ0) is 14.6. The van der Waals surface area contributed by atoms with E-state index in [0.717, 1.165) is 6.42 Å². The van der Waals surface area contributed by atoms with Gasteiger partial charge in [0.05, 0.1) is 6.10 Å². The van der Waals surface area contributed by atoms with Crippen molar-refractivity contribution in [3.63, 3.8) is 0 Å². The number of ether oxygens (including phenoxy) is 1. The molecule has 0 amide bonds. The highest BCUT2D eigenvalue weighted by molar-refractivity contribution is 6.55. The Kier molecular flexibility index (Phi) is 12.1. The van der Waals surface area contributed by atoms with Crippen molar-refractivity contribution in [1.29, 1.82) is 0 Å². The Hall–Kier alpha value is 0.194. The molecule has 0 fully saturated rings. The van der Waals surface area contributed by atoms with E-state index in [-0.39, 0.29) is 10.8 Å². The minimum absolute atomic E-state index is 0.0684. The van der Waals surface area contributed by atoms with Crippen LogP contribution in [0.25, 0.3) is 0 Å². The summed E-state index contributed by atoms with van der Waals surface area (Å²) in [4.78, 5) is 0. The maximum absolute atomic E-state index is 5.88. The molecule has 0 aliphatic carbocycles. The first-order valence-corrected chi connectivity index (χ1v) is 9.55. The van der Waals surface area contributed by atoms with Gasteiger partial charge in [0.15, 0.2) is 19.5 Å². The van der Waals surface area contributed by atoms with Crippen molar-refractivity contribution in [2.45, 2.75) is 31.0 Å². The van der Waals surface area contributed by atoms with Crippen molar-refractivity contribution in [3.05, 3.63) is 0 Å². The molecule has 0 aromatic carbocycles. The third-order valence-corrected chi connectivity index (χ3v) is 7.76. The van der Waals surface area contributed by atoms with Crippen LogP contribution in [-0.4, -0.2) is 65.1 Å². The lowest BCUT2D eigenvalue weighted by Gasteiger charge is -2.34. The highest BCUT2D eigenvalue weighted by Gasteiger charge is 2.34. The van der Waals surface area contributed by atoms with Gasteiger partial charge in [0.2, 0.25) is 0 Å². The lowest BCUT2D eigenvalue weighted by atomic mass is 10.3. The maximum atomic E-state index is 5.88. The summed E-state index contributed by atoms with van der Waals surface area (Å²) in [6, 6.07) is 0. The Morgan fingerprint density at radius 1 is 0.947 bits per heavy atom. The van der Waals surface area contributed by atoms with Gasteiger partial charge in [-0.3, -0.25) is 0 Å². The van der Waals surface area contributed by atoms with Crippen LogP contribution in [0.2, 0.25) is 4.66 Å². The zero-order valence-corrected chi connectivity index (χ0v) is 15.2. The van der Waals surface area contributed by atoms with Gasteiger partial charge >= 0.3 is 0 Å². The van der Waals surface area contributed by atoms with Gasteiger partial charge in [-0.15, -0.1) is 0 Å². The highest BCUT2D eigenvalue weighted by Crippen LogP contribution is 2.30. The third kappa shape index (κ3) is 8.87. The third-order valence-electron chi connectivity index (χ3n) is 3.09. The average molecular weight is 310 g/mol. The molecule has 0 saturated heterocycles. The lowest BCUT2D eigenvalue weighted by Crippen LogP contribution is -2.40. The van der Waals surface area contributed by atoms with E-state index in [4.69, 9.17) is 30.8 Å². The SMILES string of the molecule is CC(OCCCN)C(C)([SiH2]OCCN)[SiH2]OCCN. The van der Waals surface area contributed by atoms with Crippen molar-refractivity contribution in [2.24, 2.45) is 17.2 Å². The molecule has 6 nitrogen and oxygen atoms in total. The number of nitrogens with two attached hydrogens (primary N) is 3. The van der Waals surface area contributed by atoms with Gasteiger partial charge in [-0.25, -0.2) is 0 Å². The fourth-order valence-corrected chi connectivity index (χ4v) is 5.06. The molecule has 0 aliphatic rings. The molecule has 0 radical (unpaired) electrons. The molecule has 6 N–H and O–H groups in total. The summed E-state index contributed by atoms with van der Waals surface area (Å²) in [6.45, 7) is 8.06. The van der Waals surface area contributed by atoms with E-state index in [1.54, 1.807) is 0 Å². The molecule has 116 valence electrons. The Balaban J connectivity index is 4.26. The molecule has 0 bridgehead atoms. The number of rotatable bonds is 13. The van der Waals surface area contributed by atoms with Crippen LogP contribution in [0.4, 0.5) is 0 Å². The van der Waals surface area contributed by atoms with Crippen molar-refractivity contribution < 1.29 is 13.6 Å². The molecule has 0 spiro atoms. The molecule has 0 rings (SSSR count). The van der Waals surface area contributed by atoms with Crippen LogP contribution in [0.5, 0.6) is 0 Å². The van der Waals surface area contributed by atoms with E-state index in [1.807, 2.05) is 0 Å². The standard InChI is InChI=1S/C11H31N3O3Si2/c1-10(15-7-3-4-12)11(2,18-16-8-5-13)19-17-9-6-14/h10H,3-9,12-14,18-19H2,1-2H3. The van der Waals surface area contributed by atoms with E-state index in [1.165, 1.54) is 0 Å². The number of hydrogen-bond donors (Lipinski definition) is 3. The van der Waals surface area contributed by atoms with Crippen LogP contribution in [-0.2, 0) is 13.6 Å². The van der Waals surface area contributed by atoms with Crippen molar-refractivity contribution in [1.82, 2.24) is 0 Å². The molecule has 19 heavy (non-hydrogen) atoms. The van der Waals surface area contributed by atoms with Crippen LogP contribution in [0.3, 0.4) is 0 Å². The van der Waals surface area contributed by atoms with Crippen LogP contribution < -0.4 is 17.2 Å². The van der Waals surface area contributed by atoms with Gasteiger partial charge in [0.1, 0.15) is 0 Å². The Morgan fingerprint density at radius 3 is 1.89 bits per heavy atom. The molecule has 0 saturated carbocycles. The van der Waals surface area contributed by atoms with Crippen molar-refractivity contribution in [2.75, 3.05) is 39.5 Å². The first kappa shape index (κ1) is 19.2. The highest BCUT2D eigenvalue weighted by atomic mass is 28.3. The predicted molar refractivity (Wildman–Crippen MR) is 84.6 cm³/mol. The van der Waals surface area contributed by atoms with Crippen LogP contribution in [0.1, 0.15) is 20.3 Å². The summed E-state index contributed by atoms with van der Waals surface area (Å²) in [7, 11) is -1.46. The first-order valence-electron chi connectivity index (χ1n) is 6.98. The van der Waals surface area contributed by atoms with E-state index in [2.05, 4.69) is 13.8 Å². The maximum Gasteiger partial charge on any atom is 0.169 e. The summed E-state index contributed by atoms with van der Waals surface area (Å²) in [5, 5.41) is 0. The second kappa shape index (κ2) is 12.0. The van der Waals surface area contributed by atoms with Gasteiger partial charge in [-0.1, -0.05) is 6.92 Å². The van der Waals surface area contributed by atoms with Crippen LogP contribution >= 0.6 is 0 Å². The minimum atomic E-state index is -0.732. The molecule has 1 atom stereocenters. The molecule has 0 aromatic heterocycles. The van der Waals surface area contributed by atoms with Gasteiger partial charge in [0.25, 0.3) is 0 Å². The van der Waals surface area contributed by atoms with Gasteiger partial charge in [0, 0.05) is 37.6 Å². The number of hydrogen-bond acceptors (Lipinski definition) is 6. The van der Waals surface area contributed by atoms with E-state index in [9.17, 15) is 0 Å². The summed E-state index contributed by atoms with van der Waals surface area (Å²) < 4.78 is 17.4. The largest absolute Gasteiger partial charge is 0.422 e. The monoisotopic (exact) mass is 309 g/mol. The average Bonchev–Trinajstić information content (AvgIpc) is 2.39. The molecular formula is C11H31N3O3Si2. The molecule has 0 heterocycles. The molecular weight excluding hydrogens is 278 g/mol. The van der Waals surface area contributed by atoms with E-state index < -0.39 is 19.5 Å². The topological polar surface area (TPSA) is 106 Å². The summed E-state index contributed by atoms with van der Waals surface area (Å²) in [5.41, 5.74) is 16.4. The normalized spacial score (nSPS) is 17.5. The molecule has 1 unspecified atom stereocenters. The summed E-state index contributed by atoms with van der Waals surface area (Å²) in [6.07, 6.45) is 1.03. The molecule has 0 aromatic rings. The Labute approximate surface area is 121 Å². The summed E-state index contributed by atoms with van der Waals surface area (Å²) >= 11 is 0. The second-order valence-electron chi connectivity index (χ2n) is 4.99. The van der Waals surface area contributed by atoms with Crippen LogP contribution in [0.15, 0.2) is 0 Å². The smallest absolute Gasteiger partial charge is 0.169 e. The first-order chi connectivity index (χ1) is 9.10. The summed E-state index contributed by atoms with van der Waals surface area (Å²) in [5.74, 6) is 0.